The van der Waals surface area contributed by atoms with Gasteiger partial charge in [0.25, 0.3) is 5.91 Å². The highest BCUT2D eigenvalue weighted by molar-refractivity contribution is 7.89. The largest absolute Gasteiger partial charge is 0.493 e. The van der Waals surface area contributed by atoms with E-state index in [9.17, 15) is 17.6 Å². The fourth-order valence-electron chi connectivity index (χ4n) is 2.38. The Hall–Kier alpha value is -2.65. The summed E-state index contributed by atoms with van der Waals surface area (Å²) < 4.78 is 49.8. The molecule has 0 atom stereocenters. The minimum Gasteiger partial charge on any atom is -0.493 e. The Labute approximate surface area is 158 Å². The quantitative estimate of drug-likeness (QED) is 0.749. The van der Waals surface area contributed by atoms with Gasteiger partial charge in [0.15, 0.2) is 11.5 Å². The zero-order chi connectivity index (χ0) is 20.4. The van der Waals surface area contributed by atoms with Crippen LogP contribution in [0.5, 0.6) is 11.5 Å². The first kappa shape index (κ1) is 20.7. The predicted molar refractivity (Wildman–Crippen MR) is 99.6 cm³/mol. The molecule has 146 valence electrons. The molecule has 0 aromatic heterocycles. The highest BCUT2D eigenvalue weighted by Crippen LogP contribution is 2.31. The standard InChI is InChI=1S/C18H21FN2O5S/c1-20(2)27(23,24)17-10-12(6-8-14(17)19)18(22)21(3)13-7-9-15(25-4)16(11-13)26-5/h6-11H,1-5H3. The third-order valence-corrected chi connectivity index (χ3v) is 5.83. The van der Waals surface area contributed by atoms with Crippen LogP contribution in [0.3, 0.4) is 0 Å². The van der Waals surface area contributed by atoms with Gasteiger partial charge in [-0.3, -0.25) is 4.79 Å². The molecular formula is C18H21FN2O5S. The van der Waals surface area contributed by atoms with Crippen LogP contribution in [-0.4, -0.2) is 54.0 Å². The van der Waals surface area contributed by atoms with Gasteiger partial charge in [0, 0.05) is 38.5 Å². The van der Waals surface area contributed by atoms with Crippen molar-refractivity contribution in [1.29, 1.82) is 0 Å². The molecule has 2 aromatic carbocycles. The summed E-state index contributed by atoms with van der Waals surface area (Å²) in [6.45, 7) is 0. The second kappa shape index (κ2) is 7.93. The smallest absolute Gasteiger partial charge is 0.258 e. The number of carbonyl (C=O) groups excluding carboxylic acids is 1. The van der Waals surface area contributed by atoms with Crippen LogP contribution < -0.4 is 14.4 Å². The molecule has 0 fully saturated rings. The fourth-order valence-corrected chi connectivity index (χ4v) is 3.36. The van der Waals surface area contributed by atoms with Gasteiger partial charge < -0.3 is 14.4 Å². The third kappa shape index (κ3) is 4.04. The number of methoxy groups -OCH3 is 2. The summed E-state index contributed by atoms with van der Waals surface area (Å²) in [4.78, 5) is 13.5. The van der Waals surface area contributed by atoms with Crippen molar-refractivity contribution >= 4 is 21.6 Å². The number of rotatable bonds is 6. The Morgan fingerprint density at radius 1 is 0.963 bits per heavy atom. The summed E-state index contributed by atoms with van der Waals surface area (Å²) in [5.74, 6) is -0.487. The molecule has 0 radical (unpaired) electrons. The van der Waals surface area contributed by atoms with Crippen LogP contribution in [0.1, 0.15) is 10.4 Å². The Kier molecular flexibility index (Phi) is 6.07. The Morgan fingerprint density at radius 3 is 2.15 bits per heavy atom. The minimum absolute atomic E-state index is 0.0362. The summed E-state index contributed by atoms with van der Waals surface area (Å²) in [7, 11) is 3.05. The van der Waals surface area contributed by atoms with E-state index in [1.54, 1.807) is 18.2 Å². The first-order chi connectivity index (χ1) is 12.6. The number of hydrogen-bond donors (Lipinski definition) is 0. The van der Waals surface area contributed by atoms with Crippen molar-refractivity contribution in [3.05, 3.63) is 47.8 Å². The van der Waals surface area contributed by atoms with E-state index in [4.69, 9.17) is 9.47 Å². The van der Waals surface area contributed by atoms with E-state index in [1.807, 2.05) is 0 Å². The van der Waals surface area contributed by atoms with Crippen molar-refractivity contribution in [2.75, 3.05) is 40.3 Å². The summed E-state index contributed by atoms with van der Waals surface area (Å²) >= 11 is 0. The number of amides is 1. The van der Waals surface area contributed by atoms with Crippen molar-refractivity contribution in [3.8, 4) is 11.5 Å². The average Bonchev–Trinajstić information content (AvgIpc) is 2.66. The van der Waals surface area contributed by atoms with E-state index < -0.39 is 26.6 Å². The van der Waals surface area contributed by atoms with E-state index in [1.165, 1.54) is 46.3 Å². The molecule has 0 heterocycles. The summed E-state index contributed by atoms with van der Waals surface area (Å²) in [6, 6.07) is 8.14. The van der Waals surface area contributed by atoms with Crippen LogP contribution in [0.4, 0.5) is 10.1 Å². The monoisotopic (exact) mass is 396 g/mol. The van der Waals surface area contributed by atoms with E-state index in [-0.39, 0.29) is 5.56 Å². The van der Waals surface area contributed by atoms with Crippen molar-refractivity contribution in [2.24, 2.45) is 0 Å². The van der Waals surface area contributed by atoms with Crippen LogP contribution in [0.25, 0.3) is 0 Å². The summed E-state index contributed by atoms with van der Waals surface area (Å²) in [5.41, 5.74) is 0.535. The van der Waals surface area contributed by atoms with Crippen LogP contribution in [0.2, 0.25) is 0 Å². The molecule has 0 unspecified atom stereocenters. The van der Waals surface area contributed by atoms with E-state index >= 15 is 0 Å². The lowest BCUT2D eigenvalue weighted by Crippen LogP contribution is -2.27. The third-order valence-electron chi connectivity index (χ3n) is 4.00. The maximum Gasteiger partial charge on any atom is 0.258 e. The highest BCUT2D eigenvalue weighted by atomic mass is 32.2. The molecular weight excluding hydrogens is 375 g/mol. The molecule has 0 spiro atoms. The first-order valence-corrected chi connectivity index (χ1v) is 9.29. The molecule has 7 nitrogen and oxygen atoms in total. The van der Waals surface area contributed by atoms with Crippen molar-refractivity contribution in [2.45, 2.75) is 4.90 Å². The van der Waals surface area contributed by atoms with Gasteiger partial charge in [0.2, 0.25) is 10.0 Å². The molecule has 0 saturated carbocycles. The maximum absolute atomic E-state index is 14.0. The van der Waals surface area contributed by atoms with Crippen LogP contribution in [0, 0.1) is 5.82 Å². The number of hydrogen-bond acceptors (Lipinski definition) is 5. The van der Waals surface area contributed by atoms with Crippen molar-refractivity contribution in [3.63, 3.8) is 0 Å². The summed E-state index contributed by atoms with van der Waals surface area (Å²) in [6.07, 6.45) is 0. The van der Waals surface area contributed by atoms with Gasteiger partial charge in [-0.1, -0.05) is 0 Å². The molecule has 1 amide bonds. The molecule has 27 heavy (non-hydrogen) atoms. The van der Waals surface area contributed by atoms with Crippen molar-refractivity contribution < 1.29 is 27.1 Å². The summed E-state index contributed by atoms with van der Waals surface area (Å²) in [5, 5.41) is 0. The molecule has 0 bridgehead atoms. The second-order valence-corrected chi connectivity index (χ2v) is 7.96. The molecule has 0 aliphatic heterocycles. The molecule has 0 N–H and O–H groups in total. The van der Waals surface area contributed by atoms with Gasteiger partial charge in [-0.25, -0.2) is 17.1 Å². The molecule has 0 saturated heterocycles. The van der Waals surface area contributed by atoms with Gasteiger partial charge in [0.05, 0.1) is 14.2 Å². The van der Waals surface area contributed by atoms with Gasteiger partial charge in [0.1, 0.15) is 10.7 Å². The maximum atomic E-state index is 14.0. The van der Waals surface area contributed by atoms with Crippen LogP contribution in [-0.2, 0) is 10.0 Å². The SMILES string of the molecule is COc1ccc(N(C)C(=O)c2ccc(F)c(S(=O)(=O)N(C)C)c2)cc1OC. The molecule has 2 aromatic rings. The highest BCUT2D eigenvalue weighted by Gasteiger charge is 2.24. The second-order valence-electron chi connectivity index (χ2n) is 5.84. The lowest BCUT2D eigenvalue weighted by atomic mass is 10.1. The van der Waals surface area contributed by atoms with E-state index in [0.717, 1.165) is 16.4 Å². The predicted octanol–water partition coefficient (Wildman–Crippen LogP) is 2.37. The number of sulfonamides is 1. The number of ether oxygens (including phenoxy) is 2. The fraction of sp³-hybridized carbons (Fsp3) is 0.278. The average molecular weight is 396 g/mol. The van der Waals surface area contributed by atoms with Gasteiger partial charge in [-0.05, 0) is 30.3 Å². The number of benzene rings is 2. The van der Waals surface area contributed by atoms with Crippen LogP contribution >= 0.6 is 0 Å². The zero-order valence-electron chi connectivity index (χ0n) is 15.7. The van der Waals surface area contributed by atoms with Crippen LogP contribution in [0.15, 0.2) is 41.3 Å². The number of anilines is 1. The van der Waals surface area contributed by atoms with Gasteiger partial charge in [-0.2, -0.15) is 0 Å². The minimum atomic E-state index is -4.02. The normalized spacial score (nSPS) is 11.4. The molecule has 0 aliphatic carbocycles. The zero-order valence-corrected chi connectivity index (χ0v) is 16.5. The Bertz CT molecular complexity index is 960. The van der Waals surface area contributed by atoms with Gasteiger partial charge in [-0.15, -0.1) is 0 Å². The number of halogens is 1. The van der Waals surface area contributed by atoms with E-state index in [0.29, 0.717) is 17.2 Å². The van der Waals surface area contributed by atoms with Crippen molar-refractivity contribution in [1.82, 2.24) is 4.31 Å². The first-order valence-electron chi connectivity index (χ1n) is 7.85. The molecule has 0 aliphatic rings. The lowest BCUT2D eigenvalue weighted by molar-refractivity contribution is 0.0992. The number of nitrogens with zero attached hydrogens (tertiary/aromatic N) is 2. The molecule has 2 rings (SSSR count). The Balaban J connectivity index is 2.43. The van der Waals surface area contributed by atoms with E-state index in [2.05, 4.69) is 0 Å². The topological polar surface area (TPSA) is 76.2 Å². The number of carbonyl (C=O) groups is 1. The van der Waals surface area contributed by atoms with Gasteiger partial charge >= 0.3 is 0 Å². The Morgan fingerprint density at radius 2 is 1.59 bits per heavy atom. The molecule has 9 heteroatoms. The lowest BCUT2D eigenvalue weighted by Gasteiger charge is -2.20.